The van der Waals surface area contributed by atoms with Gasteiger partial charge in [0.05, 0.1) is 5.25 Å². The zero-order valence-electron chi connectivity index (χ0n) is 12.4. The monoisotopic (exact) mass is 340 g/mol. The van der Waals surface area contributed by atoms with Crippen molar-refractivity contribution in [2.75, 3.05) is 18.1 Å². The molecule has 7 heteroatoms. The number of terminal acetylenes is 1. The minimum absolute atomic E-state index is 0.0934. The van der Waals surface area contributed by atoms with E-state index in [1.54, 1.807) is 10.8 Å². The number of carboxylic acid groups (broad SMARTS) is 1. The number of amides is 1. The van der Waals surface area contributed by atoms with Crippen LogP contribution in [0, 0.1) is 23.0 Å². The third-order valence-corrected chi connectivity index (χ3v) is 10.6. The highest BCUT2D eigenvalue weighted by molar-refractivity contribution is 8.96. The highest BCUT2D eigenvalue weighted by Gasteiger charge is 2.40. The molecule has 2 unspecified atom stereocenters. The summed E-state index contributed by atoms with van der Waals surface area (Å²) >= 11 is 0. The van der Waals surface area contributed by atoms with E-state index in [0.29, 0.717) is 19.4 Å². The molecule has 2 aliphatic heterocycles. The van der Waals surface area contributed by atoms with Gasteiger partial charge in [-0.05, 0) is 31.4 Å². The van der Waals surface area contributed by atoms with Crippen LogP contribution in [0.15, 0.2) is 0 Å². The first-order chi connectivity index (χ1) is 10.5. The summed E-state index contributed by atoms with van der Waals surface area (Å²) in [6.07, 6.45) is 8.97. The van der Waals surface area contributed by atoms with Gasteiger partial charge >= 0.3 is 5.97 Å². The topological polar surface area (TPSA) is 81.4 Å². The highest BCUT2D eigenvalue weighted by atomic mass is 33.2. The van der Waals surface area contributed by atoms with E-state index in [9.17, 15) is 20.0 Å². The second-order valence-corrected chi connectivity index (χ2v) is 11.2. The minimum atomic E-state index is -1.70. The SMILES string of the molecule is C#CC(CC(=O)N1CCC[C@H]1C(=O)O)S1(C#N)CCCCS1. The summed E-state index contributed by atoms with van der Waals surface area (Å²) in [5.41, 5.74) is 0. The molecular weight excluding hydrogens is 320 g/mol. The van der Waals surface area contributed by atoms with Gasteiger partial charge in [-0.3, -0.25) is 4.79 Å². The zero-order valence-corrected chi connectivity index (χ0v) is 14.0. The lowest BCUT2D eigenvalue weighted by atomic mass is 10.2. The van der Waals surface area contributed by atoms with Gasteiger partial charge in [-0.1, -0.05) is 25.8 Å². The minimum Gasteiger partial charge on any atom is -0.480 e. The van der Waals surface area contributed by atoms with Gasteiger partial charge in [0.2, 0.25) is 5.91 Å². The van der Waals surface area contributed by atoms with Gasteiger partial charge in [0.1, 0.15) is 11.4 Å². The van der Waals surface area contributed by atoms with E-state index >= 15 is 0 Å². The van der Waals surface area contributed by atoms with Crippen molar-refractivity contribution >= 4 is 31.7 Å². The van der Waals surface area contributed by atoms with Crippen LogP contribution in [0.4, 0.5) is 0 Å². The van der Waals surface area contributed by atoms with Gasteiger partial charge in [-0.2, -0.15) is 5.26 Å². The molecule has 0 aliphatic carbocycles. The van der Waals surface area contributed by atoms with Gasteiger partial charge < -0.3 is 10.0 Å². The van der Waals surface area contributed by atoms with Crippen molar-refractivity contribution in [3.05, 3.63) is 0 Å². The maximum atomic E-state index is 12.5. The average molecular weight is 340 g/mol. The number of rotatable bonds is 4. The van der Waals surface area contributed by atoms with E-state index in [1.165, 1.54) is 4.90 Å². The Kier molecular flexibility index (Phi) is 5.66. The second-order valence-electron chi connectivity index (χ2n) is 5.49. The van der Waals surface area contributed by atoms with Crippen molar-refractivity contribution in [2.45, 2.75) is 43.4 Å². The van der Waals surface area contributed by atoms with Gasteiger partial charge in [0.25, 0.3) is 0 Å². The molecule has 2 heterocycles. The van der Waals surface area contributed by atoms with E-state index in [0.717, 1.165) is 24.3 Å². The quantitative estimate of drug-likeness (QED) is 0.482. The van der Waals surface area contributed by atoms with Crippen LogP contribution in [-0.4, -0.2) is 51.2 Å². The molecule has 2 aliphatic rings. The molecule has 3 atom stereocenters. The lowest BCUT2D eigenvalue weighted by Gasteiger charge is -2.39. The Morgan fingerprint density at radius 1 is 1.45 bits per heavy atom. The van der Waals surface area contributed by atoms with Crippen LogP contribution >= 0.6 is 19.9 Å². The second kappa shape index (κ2) is 7.30. The molecule has 1 amide bonds. The lowest BCUT2D eigenvalue weighted by Crippen LogP contribution is -2.42. The summed E-state index contributed by atoms with van der Waals surface area (Å²) in [5, 5.41) is 20.8. The Morgan fingerprint density at radius 3 is 2.77 bits per heavy atom. The molecular formula is C15H20N2O3S2. The Balaban J connectivity index is 2.10. The molecule has 0 spiro atoms. The summed E-state index contributed by atoms with van der Waals surface area (Å²) < 4.78 is 0. The standard InChI is InChI=1S/C15H20N2O3S2/c1-2-12(22(11-16)9-4-3-8-21-22)10-14(18)17-7-5-6-13(17)15(19)20/h1,12-13H,3-10H2,(H,19,20)/t12?,13-/m0/s1. The van der Waals surface area contributed by atoms with E-state index in [1.807, 2.05) is 0 Å². The first-order valence-electron chi connectivity index (χ1n) is 7.37. The first-order valence-corrected chi connectivity index (χ1v) is 10.7. The number of nitriles is 1. The van der Waals surface area contributed by atoms with E-state index < -0.39 is 21.1 Å². The van der Waals surface area contributed by atoms with Gasteiger partial charge in [0, 0.05) is 18.7 Å². The maximum absolute atomic E-state index is 12.5. The van der Waals surface area contributed by atoms with Crippen LogP contribution in [0.1, 0.15) is 32.1 Å². The average Bonchev–Trinajstić information content (AvgIpc) is 3.03. The number of likely N-dealkylation sites (tertiary alicyclic amines) is 1. The molecule has 0 aromatic heterocycles. The number of carbonyl (C=O) groups excluding carboxylic acids is 1. The summed E-state index contributed by atoms with van der Waals surface area (Å²) in [7, 11) is -0.0700. The number of hydrogen-bond donors (Lipinski definition) is 1. The first kappa shape index (κ1) is 17.1. The zero-order chi connectivity index (χ0) is 16.2. The number of aliphatic carboxylic acids is 1. The summed E-state index contributed by atoms with van der Waals surface area (Å²) in [4.78, 5) is 25.1. The fourth-order valence-electron chi connectivity index (χ4n) is 2.95. The number of hydrogen-bond acceptors (Lipinski definition) is 4. The van der Waals surface area contributed by atoms with Gasteiger partial charge in [-0.15, -0.1) is 6.42 Å². The molecule has 0 aromatic rings. The third kappa shape index (κ3) is 3.37. The van der Waals surface area contributed by atoms with Crippen LogP contribution in [0.3, 0.4) is 0 Å². The molecule has 0 aromatic carbocycles. The van der Waals surface area contributed by atoms with Crippen LogP contribution in [0.25, 0.3) is 0 Å². The smallest absolute Gasteiger partial charge is 0.326 e. The number of thiocyanates is 1. The third-order valence-electron chi connectivity index (χ3n) is 4.15. The van der Waals surface area contributed by atoms with Crippen LogP contribution in [-0.2, 0) is 9.59 Å². The molecule has 0 bridgehead atoms. The number of carbonyl (C=O) groups is 2. The molecule has 0 radical (unpaired) electrons. The van der Waals surface area contributed by atoms with Crippen molar-refractivity contribution in [1.82, 2.24) is 4.90 Å². The fourth-order valence-corrected chi connectivity index (χ4v) is 8.64. The van der Waals surface area contributed by atoms with Crippen LogP contribution in [0.2, 0.25) is 0 Å². The Hall–Kier alpha value is -1.31. The lowest BCUT2D eigenvalue weighted by molar-refractivity contribution is -0.148. The molecule has 22 heavy (non-hydrogen) atoms. The van der Waals surface area contributed by atoms with Crippen LogP contribution in [0.5, 0.6) is 0 Å². The van der Waals surface area contributed by atoms with Gasteiger partial charge in [0.15, 0.2) is 0 Å². The van der Waals surface area contributed by atoms with Crippen LogP contribution < -0.4 is 0 Å². The van der Waals surface area contributed by atoms with Crippen molar-refractivity contribution in [3.8, 4) is 17.7 Å². The maximum Gasteiger partial charge on any atom is 0.326 e. The van der Waals surface area contributed by atoms with Gasteiger partial charge in [-0.25, -0.2) is 4.79 Å². The fraction of sp³-hybridized carbons (Fsp3) is 0.667. The summed E-state index contributed by atoms with van der Waals surface area (Å²) in [6, 6.07) is -0.738. The molecule has 5 nitrogen and oxygen atoms in total. The van der Waals surface area contributed by atoms with Crippen molar-refractivity contribution in [3.63, 3.8) is 0 Å². The Morgan fingerprint density at radius 2 is 2.23 bits per heavy atom. The number of carboxylic acids is 1. The van der Waals surface area contributed by atoms with E-state index in [4.69, 9.17) is 6.42 Å². The summed E-state index contributed by atoms with van der Waals surface area (Å²) in [5.74, 6) is 3.17. The van der Waals surface area contributed by atoms with Crippen molar-refractivity contribution < 1.29 is 14.7 Å². The Labute approximate surface area is 136 Å². The predicted molar refractivity (Wildman–Crippen MR) is 89.4 cm³/mol. The summed E-state index contributed by atoms with van der Waals surface area (Å²) in [6.45, 7) is 0.467. The Bertz CT molecular complexity index is 532. The molecule has 2 fully saturated rings. The van der Waals surface area contributed by atoms with E-state index in [2.05, 4.69) is 11.3 Å². The molecule has 0 saturated carbocycles. The van der Waals surface area contributed by atoms with Crippen molar-refractivity contribution in [1.29, 1.82) is 5.26 Å². The molecule has 120 valence electrons. The highest BCUT2D eigenvalue weighted by Crippen LogP contribution is 2.66. The largest absolute Gasteiger partial charge is 0.480 e. The predicted octanol–water partition coefficient (Wildman–Crippen LogP) is 2.18. The van der Waals surface area contributed by atoms with Crippen molar-refractivity contribution in [2.24, 2.45) is 0 Å². The van der Waals surface area contributed by atoms with E-state index in [-0.39, 0.29) is 17.6 Å². The molecule has 2 rings (SSSR count). The normalized spacial score (nSPS) is 32.3. The number of nitrogens with zero attached hydrogens (tertiary/aromatic N) is 2. The molecule has 1 N–H and O–H groups in total. The molecule has 2 saturated heterocycles.